The summed E-state index contributed by atoms with van der Waals surface area (Å²) in [4.78, 5) is 24.6. The minimum Gasteiger partial charge on any atom is -0.492 e. The molecule has 0 aromatic heterocycles. The van der Waals surface area contributed by atoms with Crippen LogP contribution in [0.25, 0.3) is 0 Å². The average molecular weight is 292 g/mol. The standard InChI is InChI=1S/C15H20N2O4/c1-17(2)7-8-21-11-5-3-10(4-6-11)16-14(18)12-9-13(12)15(19)20/h3-6,12-13H,7-9H2,1-2H3,(H,16,18)(H,19,20)/t12-,13+/m1/s1. The Labute approximate surface area is 123 Å². The summed E-state index contributed by atoms with van der Waals surface area (Å²) in [6, 6.07) is 7.07. The van der Waals surface area contributed by atoms with Gasteiger partial charge < -0.3 is 20.1 Å². The molecule has 1 aromatic carbocycles. The molecule has 6 nitrogen and oxygen atoms in total. The minimum atomic E-state index is -0.903. The van der Waals surface area contributed by atoms with Crippen molar-refractivity contribution in [2.75, 3.05) is 32.6 Å². The third-order valence-electron chi connectivity index (χ3n) is 3.37. The first-order valence-corrected chi connectivity index (χ1v) is 6.88. The van der Waals surface area contributed by atoms with E-state index in [-0.39, 0.29) is 5.91 Å². The van der Waals surface area contributed by atoms with E-state index in [4.69, 9.17) is 9.84 Å². The molecule has 2 rings (SSSR count). The second-order valence-electron chi connectivity index (χ2n) is 5.45. The van der Waals surface area contributed by atoms with Crippen LogP contribution in [-0.2, 0) is 9.59 Å². The molecule has 1 aliphatic rings. The molecule has 1 aliphatic carbocycles. The normalized spacial score (nSPS) is 20.1. The molecule has 0 aliphatic heterocycles. The first kappa shape index (κ1) is 15.3. The van der Waals surface area contributed by atoms with E-state index < -0.39 is 17.8 Å². The topological polar surface area (TPSA) is 78.9 Å². The lowest BCUT2D eigenvalue weighted by atomic mass is 10.2. The van der Waals surface area contributed by atoms with E-state index in [0.29, 0.717) is 18.7 Å². The summed E-state index contributed by atoms with van der Waals surface area (Å²) in [5, 5.41) is 11.5. The zero-order chi connectivity index (χ0) is 15.4. The zero-order valence-electron chi connectivity index (χ0n) is 12.2. The number of aliphatic carboxylic acids is 1. The van der Waals surface area contributed by atoms with E-state index in [9.17, 15) is 9.59 Å². The Balaban J connectivity index is 1.80. The van der Waals surface area contributed by atoms with Crippen molar-refractivity contribution < 1.29 is 19.4 Å². The van der Waals surface area contributed by atoms with Crippen molar-refractivity contribution in [2.24, 2.45) is 11.8 Å². The maximum atomic E-state index is 11.8. The van der Waals surface area contributed by atoms with Gasteiger partial charge in [0.2, 0.25) is 5.91 Å². The SMILES string of the molecule is CN(C)CCOc1ccc(NC(=O)[C@@H]2C[C@@H]2C(=O)O)cc1. The highest BCUT2D eigenvalue weighted by molar-refractivity contribution is 5.98. The molecule has 0 saturated heterocycles. The van der Waals surface area contributed by atoms with Crippen molar-refractivity contribution in [3.63, 3.8) is 0 Å². The molecule has 1 aromatic rings. The smallest absolute Gasteiger partial charge is 0.307 e. The first-order valence-electron chi connectivity index (χ1n) is 6.88. The van der Waals surface area contributed by atoms with Crippen molar-refractivity contribution in [3.05, 3.63) is 24.3 Å². The third kappa shape index (κ3) is 4.46. The van der Waals surface area contributed by atoms with Gasteiger partial charge in [-0.2, -0.15) is 0 Å². The predicted molar refractivity (Wildman–Crippen MR) is 78.4 cm³/mol. The van der Waals surface area contributed by atoms with Gasteiger partial charge in [-0.25, -0.2) is 0 Å². The Morgan fingerprint density at radius 1 is 1.29 bits per heavy atom. The lowest BCUT2D eigenvalue weighted by molar-refractivity contribution is -0.139. The molecule has 1 saturated carbocycles. The van der Waals surface area contributed by atoms with Crippen LogP contribution in [0.3, 0.4) is 0 Å². The Morgan fingerprint density at radius 3 is 2.48 bits per heavy atom. The number of carbonyl (C=O) groups excluding carboxylic acids is 1. The highest BCUT2D eigenvalue weighted by atomic mass is 16.5. The summed E-state index contributed by atoms with van der Waals surface area (Å²) in [5.41, 5.74) is 0.649. The number of carbonyl (C=O) groups is 2. The number of benzene rings is 1. The lowest BCUT2D eigenvalue weighted by Crippen LogP contribution is -2.19. The van der Waals surface area contributed by atoms with Crippen LogP contribution in [-0.4, -0.2) is 49.1 Å². The van der Waals surface area contributed by atoms with Gasteiger partial charge >= 0.3 is 5.97 Å². The largest absolute Gasteiger partial charge is 0.492 e. The van der Waals surface area contributed by atoms with E-state index in [1.54, 1.807) is 24.3 Å². The molecule has 0 bridgehead atoms. The van der Waals surface area contributed by atoms with E-state index in [0.717, 1.165) is 12.3 Å². The highest BCUT2D eigenvalue weighted by Crippen LogP contribution is 2.39. The van der Waals surface area contributed by atoms with Crippen LogP contribution in [0.15, 0.2) is 24.3 Å². The number of anilines is 1. The van der Waals surface area contributed by atoms with Crippen molar-refractivity contribution >= 4 is 17.6 Å². The van der Waals surface area contributed by atoms with E-state index in [2.05, 4.69) is 5.32 Å². The second-order valence-corrected chi connectivity index (χ2v) is 5.45. The number of hydrogen-bond donors (Lipinski definition) is 2. The Kier molecular flexibility index (Phi) is 4.80. The van der Waals surface area contributed by atoms with Gasteiger partial charge in [-0.05, 0) is 44.8 Å². The number of amides is 1. The maximum Gasteiger partial charge on any atom is 0.307 e. The van der Waals surface area contributed by atoms with Gasteiger partial charge in [0.05, 0.1) is 11.8 Å². The molecule has 2 atom stereocenters. The third-order valence-corrected chi connectivity index (χ3v) is 3.37. The van der Waals surface area contributed by atoms with E-state index in [1.807, 2.05) is 19.0 Å². The molecule has 2 N–H and O–H groups in total. The van der Waals surface area contributed by atoms with Crippen LogP contribution in [0, 0.1) is 11.8 Å². The zero-order valence-corrected chi connectivity index (χ0v) is 12.2. The average Bonchev–Trinajstić information content (AvgIpc) is 3.21. The van der Waals surface area contributed by atoms with Gasteiger partial charge in [0, 0.05) is 12.2 Å². The van der Waals surface area contributed by atoms with Crippen LogP contribution in [0.4, 0.5) is 5.69 Å². The summed E-state index contributed by atoms with van der Waals surface area (Å²) in [7, 11) is 3.95. The molecular weight excluding hydrogens is 272 g/mol. The number of nitrogens with zero attached hydrogens (tertiary/aromatic N) is 1. The van der Waals surface area contributed by atoms with Gasteiger partial charge in [-0.1, -0.05) is 0 Å². The fourth-order valence-electron chi connectivity index (χ4n) is 1.97. The molecular formula is C15H20N2O4. The van der Waals surface area contributed by atoms with Crippen molar-refractivity contribution in [2.45, 2.75) is 6.42 Å². The second kappa shape index (κ2) is 6.58. The monoisotopic (exact) mass is 292 g/mol. The number of ether oxygens (including phenoxy) is 1. The van der Waals surface area contributed by atoms with Crippen LogP contribution in [0.5, 0.6) is 5.75 Å². The number of carboxylic acids is 1. The number of nitrogens with one attached hydrogen (secondary N) is 1. The van der Waals surface area contributed by atoms with Crippen LogP contribution in [0.2, 0.25) is 0 Å². The number of rotatable bonds is 7. The summed E-state index contributed by atoms with van der Waals surface area (Å²) in [5.74, 6) is -1.33. The molecule has 0 spiro atoms. The van der Waals surface area contributed by atoms with E-state index >= 15 is 0 Å². The van der Waals surface area contributed by atoms with Gasteiger partial charge in [-0.3, -0.25) is 9.59 Å². The fraction of sp³-hybridized carbons (Fsp3) is 0.467. The summed E-state index contributed by atoms with van der Waals surface area (Å²) >= 11 is 0. The van der Waals surface area contributed by atoms with Gasteiger partial charge in [-0.15, -0.1) is 0 Å². The number of carboxylic acid groups (broad SMARTS) is 1. The Hall–Kier alpha value is -2.08. The van der Waals surface area contributed by atoms with Crippen molar-refractivity contribution in [1.82, 2.24) is 4.90 Å². The number of hydrogen-bond acceptors (Lipinski definition) is 4. The molecule has 0 unspecified atom stereocenters. The first-order chi connectivity index (χ1) is 9.97. The Bertz CT molecular complexity index is 513. The minimum absolute atomic E-state index is 0.233. The molecule has 1 fully saturated rings. The van der Waals surface area contributed by atoms with Crippen LogP contribution in [0.1, 0.15) is 6.42 Å². The maximum absolute atomic E-state index is 11.8. The summed E-state index contributed by atoms with van der Waals surface area (Å²) in [6.07, 6.45) is 0.424. The summed E-state index contributed by atoms with van der Waals surface area (Å²) in [6.45, 7) is 1.43. The van der Waals surface area contributed by atoms with E-state index in [1.165, 1.54) is 0 Å². The van der Waals surface area contributed by atoms with Crippen LogP contribution >= 0.6 is 0 Å². The van der Waals surface area contributed by atoms with Gasteiger partial charge in [0.15, 0.2) is 0 Å². The molecule has 0 radical (unpaired) electrons. The van der Waals surface area contributed by atoms with Gasteiger partial charge in [0.25, 0.3) is 0 Å². The van der Waals surface area contributed by atoms with Crippen molar-refractivity contribution in [1.29, 1.82) is 0 Å². The quantitative estimate of drug-likeness (QED) is 0.791. The highest BCUT2D eigenvalue weighted by Gasteiger charge is 2.48. The molecule has 114 valence electrons. The predicted octanol–water partition coefficient (Wildman–Crippen LogP) is 1.29. The van der Waals surface area contributed by atoms with Gasteiger partial charge in [0.1, 0.15) is 12.4 Å². The van der Waals surface area contributed by atoms with Crippen LogP contribution < -0.4 is 10.1 Å². The lowest BCUT2D eigenvalue weighted by Gasteiger charge is -2.11. The number of likely N-dealkylation sites (N-methyl/N-ethyl adjacent to an activating group) is 1. The molecule has 6 heteroatoms. The fourth-order valence-corrected chi connectivity index (χ4v) is 1.97. The molecule has 0 heterocycles. The summed E-state index contributed by atoms with van der Waals surface area (Å²) < 4.78 is 5.55. The Morgan fingerprint density at radius 2 is 1.95 bits per heavy atom. The van der Waals surface area contributed by atoms with Crippen molar-refractivity contribution in [3.8, 4) is 5.75 Å². The molecule has 21 heavy (non-hydrogen) atoms. The molecule has 1 amide bonds.